The van der Waals surface area contributed by atoms with Gasteiger partial charge in [-0.05, 0) is 39.2 Å². The Kier molecular flexibility index (Phi) is 10.5. The van der Waals surface area contributed by atoms with Crippen LogP contribution in [-0.2, 0) is 25.5 Å². The maximum atomic E-state index is 13.3. The lowest BCUT2D eigenvalue weighted by Gasteiger charge is -2.32. The third-order valence-electron chi connectivity index (χ3n) is 5.43. The van der Waals surface area contributed by atoms with Gasteiger partial charge in [0.05, 0.1) is 12.6 Å². The summed E-state index contributed by atoms with van der Waals surface area (Å²) in [6.07, 6.45) is 0.381. The molecule has 1 unspecified atom stereocenters. The molecule has 0 spiro atoms. The van der Waals surface area contributed by atoms with E-state index in [2.05, 4.69) is 5.32 Å². The minimum absolute atomic E-state index is 0.0170. The Labute approximate surface area is 197 Å². The van der Waals surface area contributed by atoms with E-state index in [0.717, 1.165) is 12.0 Å². The molecule has 33 heavy (non-hydrogen) atoms. The lowest BCUT2D eigenvalue weighted by molar-refractivity contribution is -0.139. The highest BCUT2D eigenvalue weighted by molar-refractivity contribution is 5.92. The smallest absolute Gasteiger partial charge is 0.410 e. The number of hydrogen-bond acceptors (Lipinski definition) is 5. The Morgan fingerprint density at radius 3 is 2.12 bits per heavy atom. The van der Waals surface area contributed by atoms with E-state index in [1.54, 1.807) is 20.8 Å². The maximum absolute atomic E-state index is 13.3. The molecular weight excluding hydrogens is 422 g/mol. The third-order valence-corrected chi connectivity index (χ3v) is 5.43. The molecule has 0 heterocycles. The number of rotatable bonds is 10. The lowest BCUT2D eigenvalue weighted by atomic mass is 9.96. The summed E-state index contributed by atoms with van der Waals surface area (Å²) in [5.41, 5.74) is 0.160. The van der Waals surface area contributed by atoms with Crippen molar-refractivity contribution >= 4 is 23.7 Å². The van der Waals surface area contributed by atoms with Gasteiger partial charge in [0, 0.05) is 20.5 Å². The predicted octanol–water partition coefficient (Wildman–Crippen LogP) is 3.04. The molecule has 184 valence electrons. The number of nitrogens with one attached hydrogen (secondary N) is 1. The first-order chi connectivity index (χ1) is 15.3. The average molecular weight is 462 g/mol. The van der Waals surface area contributed by atoms with E-state index in [9.17, 15) is 19.2 Å². The molecule has 8 nitrogen and oxygen atoms in total. The van der Waals surface area contributed by atoms with E-state index < -0.39 is 35.6 Å². The summed E-state index contributed by atoms with van der Waals surface area (Å²) in [5, 5.41) is 2.74. The van der Waals surface area contributed by atoms with Crippen molar-refractivity contribution in [3.63, 3.8) is 0 Å². The normalized spacial score (nSPS) is 13.9. The zero-order valence-electron chi connectivity index (χ0n) is 21.2. The van der Waals surface area contributed by atoms with E-state index in [0.29, 0.717) is 0 Å². The topological polar surface area (TPSA) is 96.0 Å². The standard InChI is InChI=1S/C25H39N3O5/c1-9-17(2)22(18(3)29)26-21(30)16-27(7)23(31)20(15-19-13-11-10-12-14-19)28(8)24(32)33-25(4,5)6/h10-14,17,20,22H,9,15-16H2,1-8H3,(H,26,30)/t17?,20-,22+/m1/s1. The zero-order valence-corrected chi connectivity index (χ0v) is 21.2. The Balaban J connectivity index is 3.02. The quantitative estimate of drug-likeness (QED) is 0.578. The number of nitrogens with zero attached hydrogens (tertiary/aromatic N) is 2. The lowest BCUT2D eigenvalue weighted by Crippen LogP contribution is -2.53. The van der Waals surface area contributed by atoms with Crippen molar-refractivity contribution in [2.24, 2.45) is 5.92 Å². The Morgan fingerprint density at radius 1 is 1.06 bits per heavy atom. The van der Waals surface area contributed by atoms with Crippen molar-refractivity contribution in [1.29, 1.82) is 0 Å². The number of ketones is 1. The van der Waals surface area contributed by atoms with Crippen LogP contribution in [-0.4, -0.2) is 71.8 Å². The minimum Gasteiger partial charge on any atom is -0.444 e. The van der Waals surface area contributed by atoms with E-state index in [1.165, 1.54) is 30.8 Å². The fraction of sp³-hybridized carbons (Fsp3) is 0.600. The number of likely N-dealkylation sites (N-methyl/N-ethyl adjacent to an activating group) is 2. The first kappa shape index (κ1) is 28.1. The molecule has 8 heteroatoms. The molecule has 0 saturated carbocycles. The van der Waals surface area contributed by atoms with Crippen molar-refractivity contribution < 1.29 is 23.9 Å². The fourth-order valence-electron chi connectivity index (χ4n) is 3.34. The van der Waals surface area contributed by atoms with Crippen molar-refractivity contribution in [2.75, 3.05) is 20.6 Å². The second-order valence-corrected chi connectivity index (χ2v) is 9.53. The monoisotopic (exact) mass is 461 g/mol. The molecule has 3 amide bonds. The van der Waals surface area contributed by atoms with Gasteiger partial charge in [-0.2, -0.15) is 0 Å². The van der Waals surface area contributed by atoms with Gasteiger partial charge < -0.3 is 15.0 Å². The molecule has 1 aromatic carbocycles. The Bertz CT molecular complexity index is 819. The predicted molar refractivity (Wildman–Crippen MR) is 128 cm³/mol. The van der Waals surface area contributed by atoms with Crippen LogP contribution in [0.4, 0.5) is 4.79 Å². The molecule has 0 fully saturated rings. The van der Waals surface area contributed by atoms with Crippen molar-refractivity contribution in [3.8, 4) is 0 Å². The summed E-state index contributed by atoms with van der Waals surface area (Å²) < 4.78 is 5.45. The van der Waals surface area contributed by atoms with Crippen LogP contribution >= 0.6 is 0 Å². The molecule has 0 aliphatic carbocycles. The number of Topliss-reactive ketones (excluding diaryl/α,β-unsaturated/α-hetero) is 1. The highest BCUT2D eigenvalue weighted by atomic mass is 16.6. The van der Waals surface area contributed by atoms with Gasteiger partial charge >= 0.3 is 6.09 Å². The van der Waals surface area contributed by atoms with Crippen molar-refractivity contribution in [3.05, 3.63) is 35.9 Å². The van der Waals surface area contributed by atoms with Crippen LogP contribution in [0.25, 0.3) is 0 Å². The van der Waals surface area contributed by atoms with E-state index in [1.807, 2.05) is 44.2 Å². The molecule has 1 N–H and O–H groups in total. The van der Waals surface area contributed by atoms with Gasteiger partial charge in [-0.1, -0.05) is 50.6 Å². The van der Waals surface area contributed by atoms with E-state index in [4.69, 9.17) is 4.74 Å². The highest BCUT2D eigenvalue weighted by Crippen LogP contribution is 2.16. The summed E-state index contributed by atoms with van der Waals surface area (Å²) in [6.45, 7) is 10.3. The van der Waals surface area contributed by atoms with Crippen LogP contribution in [0.2, 0.25) is 0 Å². The van der Waals surface area contributed by atoms with Crippen LogP contribution in [0.15, 0.2) is 30.3 Å². The summed E-state index contributed by atoms with van der Waals surface area (Å²) in [7, 11) is 3.02. The molecule has 0 radical (unpaired) electrons. The molecular formula is C25H39N3O5. The van der Waals surface area contributed by atoms with Gasteiger partial charge in [-0.15, -0.1) is 0 Å². The van der Waals surface area contributed by atoms with Gasteiger partial charge in [-0.25, -0.2) is 4.79 Å². The third kappa shape index (κ3) is 9.24. The maximum Gasteiger partial charge on any atom is 0.410 e. The van der Waals surface area contributed by atoms with Gasteiger partial charge in [0.1, 0.15) is 11.6 Å². The van der Waals surface area contributed by atoms with Gasteiger partial charge in [-0.3, -0.25) is 19.3 Å². The Hall–Kier alpha value is -2.90. The average Bonchev–Trinajstić information content (AvgIpc) is 2.73. The number of ether oxygens (including phenoxy) is 1. The number of amides is 3. The summed E-state index contributed by atoms with van der Waals surface area (Å²) in [5.74, 6) is -0.968. The summed E-state index contributed by atoms with van der Waals surface area (Å²) in [4.78, 5) is 53.1. The van der Waals surface area contributed by atoms with Crippen LogP contribution in [0.3, 0.4) is 0 Å². The largest absolute Gasteiger partial charge is 0.444 e. The molecule has 0 saturated heterocycles. The highest BCUT2D eigenvalue weighted by Gasteiger charge is 2.33. The van der Waals surface area contributed by atoms with Crippen LogP contribution in [0, 0.1) is 5.92 Å². The van der Waals surface area contributed by atoms with Crippen molar-refractivity contribution in [2.45, 2.75) is 72.1 Å². The Morgan fingerprint density at radius 2 is 1.64 bits per heavy atom. The number of carbonyl (C=O) groups excluding carboxylic acids is 4. The molecule has 1 rings (SSSR count). The number of hydrogen-bond donors (Lipinski definition) is 1. The zero-order chi connectivity index (χ0) is 25.3. The van der Waals surface area contributed by atoms with Crippen molar-refractivity contribution in [1.82, 2.24) is 15.1 Å². The summed E-state index contributed by atoms with van der Waals surface area (Å²) in [6, 6.07) is 7.88. The molecule has 3 atom stereocenters. The number of benzene rings is 1. The molecule has 0 aliphatic rings. The first-order valence-electron chi connectivity index (χ1n) is 11.3. The van der Waals surface area contributed by atoms with Crippen LogP contribution < -0.4 is 5.32 Å². The first-order valence-corrected chi connectivity index (χ1v) is 11.3. The van der Waals surface area contributed by atoms with Crippen LogP contribution in [0.5, 0.6) is 0 Å². The molecule has 0 aliphatic heterocycles. The van der Waals surface area contributed by atoms with E-state index >= 15 is 0 Å². The second-order valence-electron chi connectivity index (χ2n) is 9.53. The van der Waals surface area contributed by atoms with Crippen LogP contribution in [0.1, 0.15) is 53.5 Å². The van der Waals surface area contributed by atoms with Gasteiger partial charge in [0.25, 0.3) is 0 Å². The summed E-state index contributed by atoms with van der Waals surface area (Å²) >= 11 is 0. The van der Waals surface area contributed by atoms with Gasteiger partial charge in [0.15, 0.2) is 5.78 Å². The minimum atomic E-state index is -0.863. The second kappa shape index (κ2) is 12.4. The molecule has 0 bridgehead atoms. The number of carbonyl (C=O) groups is 4. The fourth-order valence-corrected chi connectivity index (χ4v) is 3.34. The van der Waals surface area contributed by atoms with Gasteiger partial charge in [0.2, 0.25) is 11.8 Å². The van der Waals surface area contributed by atoms with E-state index in [-0.39, 0.29) is 24.7 Å². The SMILES string of the molecule is CCC(C)[C@H](NC(=O)CN(C)C(=O)[C@@H](Cc1ccccc1)N(C)C(=O)OC(C)(C)C)C(C)=O. The molecule has 0 aromatic heterocycles. The molecule has 1 aromatic rings.